The van der Waals surface area contributed by atoms with Crippen molar-refractivity contribution in [1.82, 2.24) is 34.7 Å². The lowest BCUT2D eigenvalue weighted by Crippen LogP contribution is -2.52. The molecule has 1 saturated heterocycles. The largest absolute Gasteiger partial charge is 0.336 e. The zero-order valence-corrected chi connectivity index (χ0v) is 18.0. The average molecular weight is 409 g/mol. The second-order valence-corrected chi connectivity index (χ2v) is 9.04. The minimum atomic E-state index is -0.160. The van der Waals surface area contributed by atoms with E-state index in [2.05, 4.69) is 41.2 Å². The highest BCUT2D eigenvalue weighted by Crippen LogP contribution is 2.23. The number of nitrogens with zero attached hydrogens (tertiary/aromatic N) is 6. The van der Waals surface area contributed by atoms with Crippen molar-refractivity contribution in [2.24, 2.45) is 5.92 Å². The molecule has 158 valence electrons. The maximum absolute atomic E-state index is 12.7. The molecule has 9 nitrogen and oxygen atoms in total. The van der Waals surface area contributed by atoms with Gasteiger partial charge in [-0.2, -0.15) is 10.2 Å². The van der Waals surface area contributed by atoms with E-state index in [1.165, 1.54) is 10.7 Å². The van der Waals surface area contributed by atoms with Crippen molar-refractivity contribution in [3.05, 3.63) is 57.4 Å². The Morgan fingerprint density at radius 2 is 1.90 bits per heavy atom. The third-order valence-electron chi connectivity index (χ3n) is 5.36. The number of nitrogens with one attached hydrogen (secondary N) is 1. The van der Waals surface area contributed by atoms with Crippen molar-refractivity contribution in [2.75, 3.05) is 13.1 Å². The molecule has 1 aliphatic rings. The van der Waals surface area contributed by atoms with Gasteiger partial charge < -0.3 is 4.90 Å². The molecule has 0 aromatic carbocycles. The molecule has 0 atom stereocenters. The predicted molar refractivity (Wildman–Crippen MR) is 112 cm³/mol. The van der Waals surface area contributed by atoms with Crippen LogP contribution in [0.25, 0.3) is 5.82 Å². The van der Waals surface area contributed by atoms with E-state index < -0.39 is 0 Å². The van der Waals surface area contributed by atoms with Gasteiger partial charge in [-0.3, -0.25) is 14.7 Å². The van der Waals surface area contributed by atoms with E-state index in [-0.39, 0.29) is 22.8 Å². The summed E-state index contributed by atoms with van der Waals surface area (Å²) in [6.07, 6.45) is 0. The molecular weight excluding hydrogens is 382 g/mol. The number of rotatable bonds is 4. The maximum atomic E-state index is 12.7. The fourth-order valence-corrected chi connectivity index (χ4v) is 3.62. The molecule has 1 aliphatic heterocycles. The molecular formula is C21H27N7O2. The Labute approximate surface area is 174 Å². The van der Waals surface area contributed by atoms with Gasteiger partial charge in [0.15, 0.2) is 5.82 Å². The second-order valence-electron chi connectivity index (χ2n) is 9.04. The zero-order valence-electron chi connectivity index (χ0n) is 18.0. The molecule has 3 aromatic rings. The molecule has 0 saturated carbocycles. The van der Waals surface area contributed by atoms with Gasteiger partial charge in [-0.15, -0.1) is 5.10 Å². The van der Waals surface area contributed by atoms with Crippen molar-refractivity contribution in [3.8, 4) is 5.82 Å². The Hall–Kier alpha value is -3.23. The first-order chi connectivity index (χ1) is 14.1. The summed E-state index contributed by atoms with van der Waals surface area (Å²) in [4.78, 5) is 26.7. The highest BCUT2D eigenvalue weighted by Gasteiger charge is 2.33. The summed E-state index contributed by atoms with van der Waals surface area (Å²) < 4.78 is 3.19. The topological polar surface area (TPSA) is 102 Å². The molecule has 1 N–H and O–H groups in total. The van der Waals surface area contributed by atoms with Crippen LogP contribution in [-0.2, 0) is 12.0 Å². The number of carbonyl (C=O) groups excluding carboxylic acids is 1. The first-order valence-corrected chi connectivity index (χ1v) is 10.1. The summed E-state index contributed by atoms with van der Waals surface area (Å²) in [5, 5.41) is 16.0. The van der Waals surface area contributed by atoms with Gasteiger partial charge in [-0.1, -0.05) is 20.8 Å². The van der Waals surface area contributed by atoms with Crippen molar-refractivity contribution in [1.29, 1.82) is 0 Å². The predicted octanol–water partition coefficient (Wildman–Crippen LogP) is 1.84. The summed E-state index contributed by atoms with van der Waals surface area (Å²) in [7, 11) is 0. The summed E-state index contributed by atoms with van der Waals surface area (Å²) >= 11 is 0. The molecule has 0 unspecified atom stereocenters. The number of aromatic nitrogens is 6. The minimum Gasteiger partial charge on any atom is -0.336 e. The fourth-order valence-electron chi connectivity index (χ4n) is 3.62. The molecule has 0 radical (unpaired) electrons. The van der Waals surface area contributed by atoms with Crippen LogP contribution in [0.4, 0.5) is 0 Å². The average Bonchev–Trinajstić information content (AvgIpc) is 3.25. The van der Waals surface area contributed by atoms with E-state index in [0.29, 0.717) is 31.1 Å². The van der Waals surface area contributed by atoms with Gasteiger partial charge in [-0.25, -0.2) is 9.36 Å². The van der Waals surface area contributed by atoms with Crippen LogP contribution in [0.3, 0.4) is 0 Å². The Balaban J connectivity index is 1.42. The Kier molecular flexibility index (Phi) is 4.83. The van der Waals surface area contributed by atoms with E-state index >= 15 is 0 Å². The molecule has 0 bridgehead atoms. The van der Waals surface area contributed by atoms with E-state index in [9.17, 15) is 9.59 Å². The highest BCUT2D eigenvalue weighted by molar-refractivity contribution is 5.93. The maximum Gasteiger partial charge on any atom is 0.274 e. The Bertz CT molecular complexity index is 1140. The van der Waals surface area contributed by atoms with Crippen LogP contribution in [0.1, 0.15) is 48.3 Å². The molecule has 4 rings (SSSR count). The quantitative estimate of drug-likeness (QED) is 0.708. The van der Waals surface area contributed by atoms with Gasteiger partial charge in [0.05, 0.1) is 12.2 Å². The molecule has 1 fully saturated rings. The minimum absolute atomic E-state index is 0.0882. The van der Waals surface area contributed by atoms with Crippen LogP contribution in [0.5, 0.6) is 0 Å². The van der Waals surface area contributed by atoms with Crippen molar-refractivity contribution < 1.29 is 4.79 Å². The normalized spacial score (nSPS) is 14.8. The molecule has 4 heterocycles. The Morgan fingerprint density at radius 3 is 2.50 bits per heavy atom. The molecule has 0 aliphatic carbocycles. The number of likely N-dealkylation sites (tertiary alicyclic amines) is 1. The van der Waals surface area contributed by atoms with Crippen molar-refractivity contribution in [2.45, 2.75) is 46.6 Å². The van der Waals surface area contributed by atoms with Crippen LogP contribution in [0.15, 0.2) is 29.1 Å². The third kappa shape index (κ3) is 3.79. The van der Waals surface area contributed by atoms with Gasteiger partial charge in [0.1, 0.15) is 5.69 Å². The van der Waals surface area contributed by atoms with Crippen LogP contribution in [-0.4, -0.2) is 53.7 Å². The fraction of sp³-hybridized carbons (Fsp3) is 0.476. The third-order valence-corrected chi connectivity index (χ3v) is 5.36. The van der Waals surface area contributed by atoms with E-state index in [1.54, 1.807) is 15.6 Å². The number of H-pyrrole nitrogens is 1. The number of aryl methyl sites for hydroxylation is 2. The number of carbonyl (C=O) groups is 1. The highest BCUT2D eigenvalue weighted by atomic mass is 16.2. The van der Waals surface area contributed by atoms with Crippen LogP contribution in [0, 0.1) is 19.8 Å². The Morgan fingerprint density at radius 1 is 1.17 bits per heavy atom. The molecule has 3 aromatic heterocycles. The smallest absolute Gasteiger partial charge is 0.274 e. The van der Waals surface area contributed by atoms with Crippen LogP contribution in [0.2, 0.25) is 0 Å². The van der Waals surface area contributed by atoms with Crippen molar-refractivity contribution in [3.63, 3.8) is 0 Å². The molecule has 1 amide bonds. The van der Waals surface area contributed by atoms with Gasteiger partial charge in [-0.05, 0) is 32.0 Å². The summed E-state index contributed by atoms with van der Waals surface area (Å²) in [5.41, 5.74) is 2.96. The van der Waals surface area contributed by atoms with Crippen LogP contribution < -0.4 is 5.56 Å². The molecule has 9 heteroatoms. The summed E-state index contributed by atoms with van der Waals surface area (Å²) in [6, 6.07) is 6.98. The number of aromatic amines is 1. The van der Waals surface area contributed by atoms with Gasteiger partial charge >= 0.3 is 0 Å². The monoisotopic (exact) mass is 409 g/mol. The van der Waals surface area contributed by atoms with E-state index in [0.717, 1.165) is 17.1 Å². The van der Waals surface area contributed by atoms with Crippen LogP contribution >= 0.6 is 0 Å². The standard InChI is InChI=1S/C21H27N7O2/c1-13-8-14(2)28(24-13)18-6-7-19(29)27(25-18)12-15-10-26(11-15)20(30)16-9-17(23-22-16)21(3,4)5/h6-9,15H,10-12H2,1-5H3,(H,22,23). The SMILES string of the molecule is Cc1cc(C)n(-c2ccc(=O)n(CC3CN(C(=O)c4cc(C(C)(C)C)[nH]n4)C3)n2)n1. The second kappa shape index (κ2) is 7.23. The first kappa shape index (κ1) is 20.1. The lowest BCUT2D eigenvalue weighted by Gasteiger charge is -2.38. The summed E-state index contributed by atoms with van der Waals surface area (Å²) in [6.45, 7) is 11.7. The summed E-state index contributed by atoms with van der Waals surface area (Å²) in [5.74, 6) is 0.698. The van der Waals surface area contributed by atoms with Crippen molar-refractivity contribution >= 4 is 5.91 Å². The zero-order chi connectivity index (χ0) is 21.6. The van der Waals surface area contributed by atoms with E-state index in [4.69, 9.17) is 0 Å². The van der Waals surface area contributed by atoms with Gasteiger partial charge in [0.2, 0.25) is 0 Å². The first-order valence-electron chi connectivity index (χ1n) is 10.1. The van der Waals surface area contributed by atoms with Gasteiger partial charge in [0.25, 0.3) is 11.5 Å². The lowest BCUT2D eigenvalue weighted by atomic mass is 9.92. The van der Waals surface area contributed by atoms with E-state index in [1.807, 2.05) is 26.0 Å². The lowest BCUT2D eigenvalue weighted by molar-refractivity contribution is 0.0452. The molecule has 0 spiro atoms. The number of amides is 1. The van der Waals surface area contributed by atoms with Gasteiger partial charge in [0, 0.05) is 41.9 Å². The number of hydrogen-bond acceptors (Lipinski definition) is 5. The molecule has 30 heavy (non-hydrogen) atoms. The number of hydrogen-bond donors (Lipinski definition) is 1.